The van der Waals surface area contributed by atoms with Crippen molar-refractivity contribution in [3.63, 3.8) is 0 Å². The summed E-state index contributed by atoms with van der Waals surface area (Å²) in [6.07, 6.45) is 7.32. The van der Waals surface area contributed by atoms with Crippen LogP contribution in [-0.4, -0.2) is 31.4 Å². The molecule has 0 bridgehead atoms. The van der Waals surface area contributed by atoms with Crippen LogP contribution in [0.2, 0.25) is 0 Å². The van der Waals surface area contributed by atoms with Gasteiger partial charge in [0.05, 0.1) is 12.5 Å². The molecule has 0 aliphatic carbocycles. The molecule has 2 rings (SSSR count). The Labute approximate surface area is 79.5 Å². The van der Waals surface area contributed by atoms with Gasteiger partial charge in [-0.15, -0.1) is 0 Å². The molecule has 0 aromatic heterocycles. The molecule has 0 saturated carbocycles. The molecule has 2 heterocycles. The van der Waals surface area contributed by atoms with Crippen molar-refractivity contribution in [2.24, 2.45) is 10.5 Å². The Bertz CT molecular complexity index is 249. The number of piperidine rings is 1. The molecule has 0 unspecified atom stereocenters. The van der Waals surface area contributed by atoms with Crippen LogP contribution in [0.4, 0.5) is 0 Å². The molecular formula is C10H16N3+. The number of hydrazone groups is 1. The molecule has 2 aliphatic heterocycles. The predicted octanol–water partition coefficient (Wildman–Crippen LogP) is 1.07. The maximum absolute atomic E-state index is 4.11. The summed E-state index contributed by atoms with van der Waals surface area (Å²) in [4.78, 5) is 0. The summed E-state index contributed by atoms with van der Waals surface area (Å²) < 4.78 is 0. The highest BCUT2D eigenvalue weighted by Crippen LogP contribution is 2.38. The van der Waals surface area contributed by atoms with Crippen LogP contribution in [0.15, 0.2) is 16.9 Å². The summed E-state index contributed by atoms with van der Waals surface area (Å²) >= 11 is 0. The number of allylic oxidation sites excluding steroid dienone is 2. The highest BCUT2D eigenvalue weighted by Gasteiger charge is 2.41. The minimum atomic E-state index is 0.299. The molecule has 3 nitrogen and oxygen atoms in total. The van der Waals surface area contributed by atoms with Crippen LogP contribution in [0.25, 0.3) is 0 Å². The summed E-state index contributed by atoms with van der Waals surface area (Å²) in [7, 11) is 2.00. The first-order valence-corrected chi connectivity index (χ1v) is 4.84. The van der Waals surface area contributed by atoms with E-state index in [1.807, 2.05) is 18.1 Å². The molecule has 1 fully saturated rings. The molecule has 3 heteroatoms. The van der Waals surface area contributed by atoms with Crippen molar-refractivity contribution in [2.45, 2.75) is 19.8 Å². The minimum absolute atomic E-state index is 0.299. The van der Waals surface area contributed by atoms with E-state index in [9.17, 15) is 0 Å². The number of nitrogens with one attached hydrogen (secondary N) is 1. The van der Waals surface area contributed by atoms with E-state index in [1.54, 1.807) is 0 Å². The van der Waals surface area contributed by atoms with Crippen LogP contribution in [0, 0.1) is 5.41 Å². The molecule has 13 heavy (non-hydrogen) atoms. The van der Waals surface area contributed by atoms with Gasteiger partial charge in [-0.05, 0) is 32.9 Å². The molecule has 0 aromatic carbocycles. The molecule has 0 radical (unpaired) electrons. The van der Waals surface area contributed by atoms with Crippen molar-refractivity contribution in [3.05, 3.63) is 11.8 Å². The average molecular weight is 178 g/mol. The lowest BCUT2D eigenvalue weighted by molar-refractivity contribution is 0.220. The van der Waals surface area contributed by atoms with Gasteiger partial charge in [0.1, 0.15) is 0 Å². The fraction of sp³-hybridized carbons (Fsp3) is 0.700. The first-order chi connectivity index (χ1) is 6.22. The van der Waals surface area contributed by atoms with Crippen molar-refractivity contribution >= 4 is 6.21 Å². The summed E-state index contributed by atoms with van der Waals surface area (Å²) in [6.45, 7) is 4.54. The summed E-state index contributed by atoms with van der Waals surface area (Å²) in [6, 6.07) is 0. The summed E-state index contributed by atoms with van der Waals surface area (Å²) in [5.74, 6) is 0. The van der Waals surface area contributed by atoms with E-state index in [4.69, 9.17) is 0 Å². The summed E-state index contributed by atoms with van der Waals surface area (Å²) in [5.41, 5.74) is 1.61. The van der Waals surface area contributed by atoms with Crippen LogP contribution in [0.3, 0.4) is 0 Å². The van der Waals surface area contributed by atoms with Crippen LogP contribution in [0.5, 0.6) is 0 Å². The van der Waals surface area contributed by atoms with Crippen LogP contribution >= 0.6 is 0 Å². The van der Waals surface area contributed by atoms with Gasteiger partial charge >= 0.3 is 0 Å². The van der Waals surface area contributed by atoms with E-state index in [-0.39, 0.29) is 0 Å². The Kier molecular flexibility index (Phi) is 2.06. The Morgan fingerprint density at radius 1 is 1.54 bits per heavy atom. The summed E-state index contributed by atoms with van der Waals surface area (Å²) in [5, 5.41) is 9.44. The molecular weight excluding hydrogens is 162 g/mol. The zero-order valence-electron chi connectivity index (χ0n) is 8.30. The third kappa shape index (κ3) is 1.45. The second kappa shape index (κ2) is 3.09. The topological polar surface area (TPSA) is 27.6 Å². The van der Waals surface area contributed by atoms with Crippen LogP contribution in [0.1, 0.15) is 19.8 Å². The normalized spacial score (nSPS) is 25.7. The van der Waals surface area contributed by atoms with E-state index in [1.165, 1.54) is 18.5 Å². The van der Waals surface area contributed by atoms with E-state index in [0.717, 1.165) is 13.1 Å². The van der Waals surface area contributed by atoms with Gasteiger partial charge in [0, 0.05) is 5.10 Å². The van der Waals surface area contributed by atoms with E-state index in [2.05, 4.69) is 23.6 Å². The van der Waals surface area contributed by atoms with Gasteiger partial charge in [-0.1, -0.05) is 0 Å². The van der Waals surface area contributed by atoms with Crippen molar-refractivity contribution in [1.82, 2.24) is 10.3 Å². The molecule has 1 saturated heterocycles. The highest BCUT2D eigenvalue weighted by atomic mass is 15.5. The largest absolute Gasteiger partial charge is 0.317 e. The maximum atomic E-state index is 4.11. The smallest absolute Gasteiger partial charge is 0.242 e. The molecule has 1 N–H and O–H groups in total. The molecule has 70 valence electrons. The van der Waals surface area contributed by atoms with Gasteiger partial charge in [0.25, 0.3) is 0 Å². The number of rotatable bonds is 1. The third-order valence-corrected chi connectivity index (χ3v) is 3.08. The van der Waals surface area contributed by atoms with E-state index < -0.39 is 0 Å². The van der Waals surface area contributed by atoms with Crippen molar-refractivity contribution in [1.29, 1.82) is 0 Å². The van der Waals surface area contributed by atoms with Gasteiger partial charge < -0.3 is 5.32 Å². The predicted molar refractivity (Wildman–Crippen MR) is 53.5 cm³/mol. The molecule has 2 aliphatic rings. The Balaban J connectivity index is 2.14. The van der Waals surface area contributed by atoms with Gasteiger partial charge in [-0.25, -0.2) is 0 Å². The van der Waals surface area contributed by atoms with Crippen LogP contribution in [-0.2, 0) is 0 Å². The average Bonchev–Trinajstić information content (AvgIpc) is 2.53. The van der Waals surface area contributed by atoms with E-state index >= 15 is 0 Å². The quantitative estimate of drug-likeness (QED) is 0.608. The van der Waals surface area contributed by atoms with Gasteiger partial charge in [0.2, 0.25) is 12.3 Å². The van der Waals surface area contributed by atoms with Crippen molar-refractivity contribution < 1.29 is 0 Å². The Morgan fingerprint density at radius 2 is 2.23 bits per heavy atom. The second-order valence-corrected chi connectivity index (χ2v) is 4.09. The Hall–Kier alpha value is -0.920. The minimum Gasteiger partial charge on any atom is -0.317 e. The fourth-order valence-electron chi connectivity index (χ4n) is 2.12. The van der Waals surface area contributed by atoms with Crippen LogP contribution < -0.4 is 5.32 Å². The molecule has 0 spiro atoms. The fourth-order valence-corrected chi connectivity index (χ4v) is 2.12. The first-order valence-electron chi connectivity index (χ1n) is 4.84. The standard InChI is InChI=1S/C10H16N3/c1-10(4-7-11-8-5-10)9-3-6-12-13(9)2/h3,11H,4-5,7-8H2,1-2H3/q+1. The van der Waals surface area contributed by atoms with Gasteiger partial charge in [0.15, 0.2) is 5.70 Å². The van der Waals surface area contributed by atoms with E-state index in [0.29, 0.717) is 5.41 Å². The lowest BCUT2D eigenvalue weighted by atomic mass is 9.78. The monoisotopic (exact) mass is 178 g/mol. The third-order valence-electron chi connectivity index (χ3n) is 3.08. The molecule has 0 aromatic rings. The SMILES string of the molecule is CN1N=[C+]C=C1C1(C)CCNCC1. The number of hydrogen-bond acceptors (Lipinski definition) is 3. The van der Waals surface area contributed by atoms with Gasteiger partial charge in [-0.2, -0.15) is 5.01 Å². The lowest BCUT2D eigenvalue weighted by Crippen LogP contribution is -2.38. The first kappa shape index (κ1) is 8.67. The lowest BCUT2D eigenvalue weighted by Gasteiger charge is -2.31. The second-order valence-electron chi connectivity index (χ2n) is 4.09. The number of hydrogen-bond donors (Lipinski definition) is 1. The molecule has 0 atom stereocenters. The van der Waals surface area contributed by atoms with Crippen molar-refractivity contribution in [3.8, 4) is 0 Å². The number of nitrogens with zero attached hydrogens (tertiary/aromatic N) is 2. The van der Waals surface area contributed by atoms with Gasteiger partial charge in [-0.3, -0.25) is 0 Å². The van der Waals surface area contributed by atoms with Crippen molar-refractivity contribution in [2.75, 3.05) is 20.1 Å². The maximum Gasteiger partial charge on any atom is 0.242 e. The Morgan fingerprint density at radius 3 is 2.77 bits per heavy atom. The zero-order valence-corrected chi connectivity index (χ0v) is 8.30. The highest BCUT2D eigenvalue weighted by molar-refractivity contribution is 5.74. The zero-order chi connectivity index (χ0) is 9.31. The molecule has 0 amide bonds.